The fourth-order valence-electron chi connectivity index (χ4n) is 3.73. The van der Waals surface area contributed by atoms with Gasteiger partial charge in [0.15, 0.2) is 0 Å². The van der Waals surface area contributed by atoms with E-state index in [1.165, 1.54) is 10.4 Å². The van der Waals surface area contributed by atoms with Gasteiger partial charge in [-0.3, -0.25) is 0 Å². The molecule has 1 saturated heterocycles. The summed E-state index contributed by atoms with van der Waals surface area (Å²) in [5, 5.41) is 14.9. The van der Waals surface area contributed by atoms with Gasteiger partial charge in [-0.1, -0.05) is 13.0 Å². The van der Waals surface area contributed by atoms with Crippen LogP contribution in [0.1, 0.15) is 54.3 Å². The van der Waals surface area contributed by atoms with Crippen molar-refractivity contribution in [2.75, 3.05) is 13.1 Å². The summed E-state index contributed by atoms with van der Waals surface area (Å²) in [5.74, 6) is -2.40. The summed E-state index contributed by atoms with van der Waals surface area (Å²) in [6, 6.07) is 4.02. The Morgan fingerprint density at radius 3 is 2.60 bits per heavy atom. The molecule has 0 amide bonds. The summed E-state index contributed by atoms with van der Waals surface area (Å²) < 4.78 is 49.5. The summed E-state index contributed by atoms with van der Waals surface area (Å²) in [5.41, 5.74) is 1.85. The van der Waals surface area contributed by atoms with Gasteiger partial charge in [0, 0.05) is 24.9 Å². The first-order valence-electron chi connectivity index (χ1n) is 9.62. The first-order chi connectivity index (χ1) is 14.1. The second-order valence-corrected chi connectivity index (χ2v) is 9.25. The molecule has 0 bridgehead atoms. The molecule has 1 unspecified atom stereocenters. The highest BCUT2D eigenvalue weighted by atomic mass is 32.2. The molecule has 2 aromatic rings. The second-order valence-electron chi connectivity index (χ2n) is 7.55. The Bertz CT molecular complexity index is 1110. The minimum Gasteiger partial charge on any atom is -0.391 e. The van der Waals surface area contributed by atoms with E-state index in [9.17, 15) is 17.6 Å². The molecule has 2 N–H and O–H groups in total. The molecule has 2 heterocycles. The molecule has 0 saturated carbocycles. The van der Waals surface area contributed by atoms with Crippen molar-refractivity contribution in [3.63, 3.8) is 0 Å². The molecule has 30 heavy (non-hydrogen) atoms. The topological polar surface area (TPSA) is 132 Å². The molecule has 11 heteroatoms. The number of hydrogen-bond acceptors (Lipinski definition) is 6. The van der Waals surface area contributed by atoms with Gasteiger partial charge in [0.05, 0.1) is 6.07 Å². The van der Waals surface area contributed by atoms with Gasteiger partial charge in [0.25, 0.3) is 10.2 Å². The van der Waals surface area contributed by atoms with Gasteiger partial charge < -0.3 is 4.42 Å². The quantitative estimate of drug-likeness (QED) is 0.711. The zero-order valence-electron chi connectivity index (χ0n) is 17.0. The Labute approximate surface area is 174 Å². The van der Waals surface area contributed by atoms with E-state index in [-0.39, 0.29) is 24.9 Å². The van der Waals surface area contributed by atoms with Gasteiger partial charge in [-0.2, -0.15) is 22.7 Å². The molecule has 0 radical (unpaired) electrons. The zero-order chi connectivity index (χ0) is 22.1. The van der Waals surface area contributed by atoms with E-state index >= 15 is 0 Å². The molecule has 3 rings (SSSR count). The van der Waals surface area contributed by atoms with Crippen LogP contribution in [-0.2, 0) is 10.2 Å². The maximum absolute atomic E-state index is 14.7. The molecule has 1 aliphatic heterocycles. The number of aryl methyl sites for hydroxylation is 1. The summed E-state index contributed by atoms with van der Waals surface area (Å²) >= 11 is 0. The molecule has 1 fully saturated rings. The Kier molecular flexibility index (Phi) is 6.40. The highest BCUT2D eigenvalue weighted by Crippen LogP contribution is 2.35. The highest BCUT2D eigenvalue weighted by Gasteiger charge is 2.36. The molecule has 1 aromatic heterocycles. The van der Waals surface area contributed by atoms with Gasteiger partial charge in [-0.05, 0) is 49.4 Å². The molecule has 9 nitrogen and oxygen atoms in total. The number of piperidine rings is 1. The van der Waals surface area contributed by atoms with Crippen molar-refractivity contribution in [3.8, 4) is 6.07 Å². The van der Waals surface area contributed by atoms with Crippen molar-refractivity contribution in [2.24, 2.45) is 5.92 Å². The molecular formula is C19H24FN5O4S. The minimum atomic E-state index is -4.01. The highest BCUT2D eigenvalue weighted by molar-refractivity contribution is 7.87. The molecular weight excluding hydrogens is 413 g/mol. The molecule has 162 valence electrons. The predicted molar refractivity (Wildman–Crippen MR) is 106 cm³/mol. The zero-order valence-corrected chi connectivity index (χ0v) is 17.8. The Morgan fingerprint density at radius 1 is 1.37 bits per heavy atom. The Balaban J connectivity index is 1.96. The molecule has 1 aliphatic rings. The van der Waals surface area contributed by atoms with E-state index in [1.807, 2.05) is 6.92 Å². The lowest BCUT2D eigenvalue weighted by atomic mass is 9.88. The SMILES string of the molecule is Cc1ccc(F)c(C(C)[C@H](NS(=O)(=O)N2CCC(C#N)CC2)c2n[nH]c(=O)o2)c1C. The summed E-state index contributed by atoms with van der Waals surface area (Å²) in [6.45, 7) is 5.62. The molecule has 1 aromatic carbocycles. The van der Waals surface area contributed by atoms with Crippen LogP contribution < -0.4 is 10.5 Å². The number of benzene rings is 1. The average molecular weight is 437 g/mol. The minimum absolute atomic E-state index is 0.178. The fraction of sp³-hybridized carbons (Fsp3) is 0.526. The third-order valence-corrected chi connectivity index (χ3v) is 7.26. The fourth-order valence-corrected chi connectivity index (χ4v) is 5.20. The summed E-state index contributed by atoms with van der Waals surface area (Å²) in [4.78, 5) is 11.5. The largest absolute Gasteiger partial charge is 0.434 e. The lowest BCUT2D eigenvalue weighted by Crippen LogP contribution is -2.47. The lowest BCUT2D eigenvalue weighted by Gasteiger charge is -2.31. The maximum Gasteiger partial charge on any atom is 0.434 e. The molecule has 0 spiro atoms. The number of nitrogens with one attached hydrogen (secondary N) is 2. The monoisotopic (exact) mass is 437 g/mol. The van der Waals surface area contributed by atoms with E-state index in [2.05, 4.69) is 21.0 Å². The van der Waals surface area contributed by atoms with Gasteiger partial charge in [-0.15, -0.1) is 5.10 Å². The standard InChI is InChI=1S/C19H24FN5O4S/c1-11-4-5-15(20)16(12(11)2)13(3)17(18-22-23-19(26)29-18)24-30(27,28)25-8-6-14(10-21)7-9-25/h4-5,13-14,17,24H,6-9H2,1-3H3,(H,23,26)/t13?,17-/m0/s1. The van der Waals surface area contributed by atoms with E-state index in [0.29, 0.717) is 24.0 Å². The number of rotatable bonds is 6. The van der Waals surface area contributed by atoms with Crippen molar-refractivity contribution < 1.29 is 17.2 Å². The third kappa shape index (κ3) is 4.45. The number of hydrogen-bond donors (Lipinski definition) is 2. The van der Waals surface area contributed by atoms with Gasteiger partial charge in [0.1, 0.15) is 11.9 Å². The van der Waals surface area contributed by atoms with Crippen molar-refractivity contribution in [1.82, 2.24) is 19.2 Å². The van der Waals surface area contributed by atoms with Crippen LogP contribution in [-0.4, -0.2) is 36.0 Å². The van der Waals surface area contributed by atoms with Crippen LogP contribution in [0.25, 0.3) is 0 Å². The number of nitriles is 1. The van der Waals surface area contributed by atoms with Crippen molar-refractivity contribution >= 4 is 10.2 Å². The van der Waals surface area contributed by atoms with Crippen molar-refractivity contribution in [1.29, 1.82) is 5.26 Å². The first kappa shape index (κ1) is 22.1. The molecule has 0 aliphatic carbocycles. The number of nitrogens with zero attached hydrogens (tertiary/aromatic N) is 3. The van der Waals surface area contributed by atoms with Gasteiger partial charge in [-0.25, -0.2) is 14.3 Å². The van der Waals surface area contributed by atoms with Crippen LogP contribution in [0.3, 0.4) is 0 Å². The number of aromatic nitrogens is 2. The van der Waals surface area contributed by atoms with Crippen LogP contribution >= 0.6 is 0 Å². The maximum atomic E-state index is 14.7. The number of halogens is 1. The predicted octanol–water partition coefficient (Wildman–Crippen LogP) is 2.03. The second kappa shape index (κ2) is 8.67. The first-order valence-corrected chi connectivity index (χ1v) is 11.1. The van der Waals surface area contributed by atoms with E-state index in [4.69, 9.17) is 9.68 Å². The van der Waals surface area contributed by atoms with Crippen LogP contribution in [0.2, 0.25) is 0 Å². The lowest BCUT2D eigenvalue weighted by molar-refractivity contribution is 0.298. The van der Waals surface area contributed by atoms with Crippen LogP contribution in [0.5, 0.6) is 0 Å². The summed E-state index contributed by atoms with van der Waals surface area (Å²) in [7, 11) is -4.01. The van der Waals surface area contributed by atoms with Crippen molar-refractivity contribution in [3.05, 3.63) is 51.1 Å². The average Bonchev–Trinajstić information content (AvgIpc) is 3.15. The third-order valence-electron chi connectivity index (χ3n) is 5.66. The summed E-state index contributed by atoms with van der Waals surface area (Å²) in [6.07, 6.45) is 0.863. The number of aromatic amines is 1. The van der Waals surface area contributed by atoms with E-state index in [0.717, 1.165) is 5.56 Å². The van der Waals surface area contributed by atoms with Crippen LogP contribution in [0.4, 0.5) is 4.39 Å². The Hall–Kier alpha value is -2.55. The van der Waals surface area contributed by atoms with E-state index in [1.54, 1.807) is 19.9 Å². The number of H-pyrrole nitrogens is 1. The van der Waals surface area contributed by atoms with E-state index < -0.39 is 33.7 Å². The normalized spacial score (nSPS) is 18.1. The Morgan fingerprint density at radius 2 is 2.03 bits per heavy atom. The van der Waals surface area contributed by atoms with Crippen LogP contribution in [0, 0.1) is 36.9 Å². The van der Waals surface area contributed by atoms with Gasteiger partial charge >= 0.3 is 5.76 Å². The molecule has 2 atom stereocenters. The van der Waals surface area contributed by atoms with Crippen molar-refractivity contribution in [2.45, 2.75) is 45.6 Å². The smallest absolute Gasteiger partial charge is 0.391 e. The van der Waals surface area contributed by atoms with Gasteiger partial charge in [0.2, 0.25) is 5.89 Å². The van der Waals surface area contributed by atoms with Crippen LogP contribution in [0.15, 0.2) is 21.3 Å².